The number of rotatable bonds is 8. The van der Waals surface area contributed by atoms with E-state index in [-0.39, 0.29) is 27.7 Å². The highest BCUT2D eigenvalue weighted by Gasteiger charge is 2.18. The fourth-order valence-corrected chi connectivity index (χ4v) is 2.72. The van der Waals surface area contributed by atoms with E-state index in [0.717, 1.165) is 0 Å². The molecule has 0 aliphatic heterocycles. The molecule has 2 rings (SSSR count). The van der Waals surface area contributed by atoms with E-state index in [2.05, 4.69) is 5.32 Å². The molecule has 0 heterocycles. The minimum absolute atomic E-state index is 0.0646. The topological polar surface area (TPSA) is 154 Å². The van der Waals surface area contributed by atoms with Gasteiger partial charge in [0, 0.05) is 5.69 Å². The molecule has 0 aliphatic rings. The first-order valence-corrected chi connectivity index (χ1v) is 9.25. The molecule has 11 heteroatoms. The predicted molar refractivity (Wildman–Crippen MR) is 98.4 cm³/mol. The number of ether oxygens (including phenoxy) is 3. The van der Waals surface area contributed by atoms with E-state index in [0.29, 0.717) is 5.69 Å². The number of nitrogens with two attached hydrogens (primary N) is 1. The molecule has 0 saturated heterocycles. The first kappa shape index (κ1) is 21.0. The van der Waals surface area contributed by atoms with Crippen LogP contribution < -0.4 is 24.7 Å². The van der Waals surface area contributed by atoms with Crippen LogP contribution in [0.25, 0.3) is 0 Å². The summed E-state index contributed by atoms with van der Waals surface area (Å²) in [6.07, 6.45) is 0. The second-order valence-electron chi connectivity index (χ2n) is 5.42. The molecule has 150 valence electrons. The van der Waals surface area contributed by atoms with Gasteiger partial charge in [0.1, 0.15) is 0 Å². The van der Waals surface area contributed by atoms with Gasteiger partial charge in [0.15, 0.2) is 18.1 Å². The van der Waals surface area contributed by atoms with E-state index >= 15 is 0 Å². The summed E-state index contributed by atoms with van der Waals surface area (Å²) in [4.78, 5) is 23.1. The molecular weight excluding hydrogens is 392 g/mol. The number of hydrogen-bond donors (Lipinski definition) is 3. The molecule has 2 aromatic carbocycles. The third-order valence-electron chi connectivity index (χ3n) is 3.52. The minimum atomic E-state index is -3.83. The number of aromatic carboxylic acids is 1. The average Bonchev–Trinajstić information content (AvgIpc) is 2.65. The van der Waals surface area contributed by atoms with E-state index < -0.39 is 28.5 Å². The predicted octanol–water partition coefficient (Wildman–Crippen LogP) is 1.07. The van der Waals surface area contributed by atoms with Crippen LogP contribution in [0.1, 0.15) is 10.4 Å². The smallest absolute Gasteiger partial charge is 0.335 e. The number of methoxy groups -OCH3 is 2. The lowest BCUT2D eigenvalue weighted by molar-refractivity contribution is -0.118. The van der Waals surface area contributed by atoms with Crippen LogP contribution in [0.3, 0.4) is 0 Å². The molecular formula is C17H18N2O8S. The summed E-state index contributed by atoms with van der Waals surface area (Å²) in [7, 11) is -1.19. The van der Waals surface area contributed by atoms with Gasteiger partial charge in [0.2, 0.25) is 15.8 Å². The van der Waals surface area contributed by atoms with Gasteiger partial charge in [-0.05, 0) is 36.4 Å². The minimum Gasteiger partial charge on any atom is -0.493 e. The van der Waals surface area contributed by atoms with Gasteiger partial charge in [0.25, 0.3) is 5.91 Å². The average molecular weight is 410 g/mol. The number of benzene rings is 2. The summed E-state index contributed by atoms with van der Waals surface area (Å²) in [6, 6.07) is 7.74. The molecule has 2 aromatic rings. The van der Waals surface area contributed by atoms with E-state index in [1.54, 1.807) is 0 Å². The normalized spacial score (nSPS) is 10.8. The largest absolute Gasteiger partial charge is 0.493 e. The van der Waals surface area contributed by atoms with Gasteiger partial charge >= 0.3 is 5.97 Å². The number of sulfonamides is 1. The molecule has 0 atom stereocenters. The first-order valence-electron chi connectivity index (χ1n) is 7.70. The number of carbonyl (C=O) groups excluding carboxylic acids is 1. The number of carboxylic acids is 1. The second kappa shape index (κ2) is 8.59. The van der Waals surface area contributed by atoms with Crippen molar-refractivity contribution in [1.29, 1.82) is 0 Å². The molecule has 0 unspecified atom stereocenters. The number of carbonyl (C=O) groups is 2. The zero-order valence-corrected chi connectivity index (χ0v) is 15.8. The van der Waals surface area contributed by atoms with Gasteiger partial charge in [-0.1, -0.05) is 0 Å². The number of amides is 1. The van der Waals surface area contributed by atoms with Crippen molar-refractivity contribution in [2.24, 2.45) is 5.14 Å². The summed E-state index contributed by atoms with van der Waals surface area (Å²) in [5.41, 5.74) is 0.265. The molecule has 0 fully saturated rings. The Morgan fingerprint density at radius 3 is 2.04 bits per heavy atom. The van der Waals surface area contributed by atoms with Crippen molar-refractivity contribution in [2.75, 3.05) is 26.1 Å². The van der Waals surface area contributed by atoms with Crippen LogP contribution in [0.4, 0.5) is 5.69 Å². The van der Waals surface area contributed by atoms with Gasteiger partial charge < -0.3 is 24.6 Å². The Balaban J connectivity index is 2.11. The number of anilines is 1. The number of primary sulfonamides is 1. The van der Waals surface area contributed by atoms with Gasteiger partial charge in [-0.3, -0.25) is 4.79 Å². The van der Waals surface area contributed by atoms with Gasteiger partial charge in [-0.2, -0.15) is 0 Å². The Hall–Kier alpha value is -3.31. The zero-order valence-electron chi connectivity index (χ0n) is 15.0. The third kappa shape index (κ3) is 5.11. The van der Waals surface area contributed by atoms with Crippen LogP contribution in [0, 0.1) is 0 Å². The maximum atomic E-state index is 12.1. The Kier molecular flexibility index (Phi) is 6.44. The maximum absolute atomic E-state index is 12.1. The van der Waals surface area contributed by atoms with Crippen LogP contribution in [0.15, 0.2) is 41.3 Å². The van der Waals surface area contributed by atoms with Crippen molar-refractivity contribution in [3.05, 3.63) is 42.0 Å². The highest BCUT2D eigenvalue weighted by Crippen LogP contribution is 2.38. The highest BCUT2D eigenvalue weighted by atomic mass is 32.2. The second-order valence-corrected chi connectivity index (χ2v) is 6.98. The number of hydrogen-bond acceptors (Lipinski definition) is 7. The van der Waals surface area contributed by atoms with E-state index in [9.17, 15) is 18.0 Å². The van der Waals surface area contributed by atoms with Crippen LogP contribution in [0.5, 0.6) is 17.2 Å². The zero-order chi connectivity index (χ0) is 20.9. The third-order valence-corrected chi connectivity index (χ3v) is 4.45. The monoisotopic (exact) mass is 410 g/mol. The summed E-state index contributed by atoms with van der Waals surface area (Å²) in [6.45, 7) is -0.434. The van der Waals surface area contributed by atoms with Crippen molar-refractivity contribution in [2.45, 2.75) is 4.90 Å². The Morgan fingerprint density at radius 2 is 1.61 bits per heavy atom. The number of carboxylic acid groups (broad SMARTS) is 1. The van der Waals surface area contributed by atoms with E-state index in [4.69, 9.17) is 24.5 Å². The summed E-state index contributed by atoms with van der Waals surface area (Å²) >= 11 is 0. The van der Waals surface area contributed by atoms with Crippen LogP contribution in [0.2, 0.25) is 0 Å². The van der Waals surface area contributed by atoms with Gasteiger partial charge in [-0.25, -0.2) is 18.4 Å². The van der Waals surface area contributed by atoms with Crippen LogP contribution >= 0.6 is 0 Å². The molecule has 28 heavy (non-hydrogen) atoms. The maximum Gasteiger partial charge on any atom is 0.335 e. The van der Waals surface area contributed by atoms with Crippen molar-refractivity contribution in [1.82, 2.24) is 0 Å². The summed E-state index contributed by atoms with van der Waals surface area (Å²) < 4.78 is 38.1. The van der Waals surface area contributed by atoms with Crippen LogP contribution in [-0.2, 0) is 14.8 Å². The van der Waals surface area contributed by atoms with Crippen molar-refractivity contribution in [3.63, 3.8) is 0 Å². The van der Waals surface area contributed by atoms with Gasteiger partial charge in [-0.15, -0.1) is 0 Å². The molecule has 0 bridgehead atoms. The van der Waals surface area contributed by atoms with Gasteiger partial charge in [0.05, 0.1) is 24.7 Å². The standard InChI is InChI=1S/C17H18N2O8S/c1-25-13-7-10(17(21)22)8-14(26-2)16(13)27-9-15(20)19-11-3-5-12(6-4-11)28(18,23)24/h3-8H,9H2,1-2H3,(H,19,20)(H,21,22)(H2,18,23,24). The molecule has 1 amide bonds. The molecule has 0 spiro atoms. The van der Waals surface area contributed by atoms with E-state index in [1.165, 1.54) is 50.6 Å². The SMILES string of the molecule is COc1cc(C(=O)O)cc(OC)c1OCC(=O)Nc1ccc(S(N)(=O)=O)cc1. The Labute approximate surface area is 160 Å². The fourth-order valence-electron chi connectivity index (χ4n) is 2.21. The Morgan fingerprint density at radius 1 is 1.07 bits per heavy atom. The first-order chi connectivity index (χ1) is 13.2. The lowest BCUT2D eigenvalue weighted by Gasteiger charge is -2.15. The molecule has 0 aromatic heterocycles. The quantitative estimate of drug-likeness (QED) is 0.584. The molecule has 0 saturated carbocycles. The summed E-state index contributed by atoms with van der Waals surface area (Å²) in [5, 5.41) is 16.6. The van der Waals surface area contributed by atoms with E-state index in [1.807, 2.05) is 0 Å². The molecule has 10 nitrogen and oxygen atoms in total. The fraction of sp³-hybridized carbons (Fsp3) is 0.176. The molecule has 4 N–H and O–H groups in total. The van der Waals surface area contributed by atoms with Crippen LogP contribution in [-0.4, -0.2) is 46.2 Å². The van der Waals surface area contributed by atoms with Crippen molar-refractivity contribution < 1.29 is 37.3 Å². The highest BCUT2D eigenvalue weighted by molar-refractivity contribution is 7.89. The molecule has 0 radical (unpaired) electrons. The lowest BCUT2D eigenvalue weighted by Crippen LogP contribution is -2.20. The summed E-state index contributed by atoms with van der Waals surface area (Å²) in [5.74, 6) is -1.49. The lowest BCUT2D eigenvalue weighted by atomic mass is 10.2. The Bertz CT molecular complexity index is 962. The van der Waals surface area contributed by atoms with Crippen molar-refractivity contribution >= 4 is 27.6 Å². The number of nitrogens with one attached hydrogen (secondary N) is 1. The van der Waals surface area contributed by atoms with Crippen molar-refractivity contribution in [3.8, 4) is 17.2 Å². The molecule has 0 aliphatic carbocycles.